The second-order valence-corrected chi connectivity index (χ2v) is 5.80. The van der Waals surface area contributed by atoms with E-state index in [0.29, 0.717) is 43.5 Å². The van der Waals surface area contributed by atoms with Crippen LogP contribution in [0.15, 0.2) is 24.3 Å². The van der Waals surface area contributed by atoms with Gasteiger partial charge in [-0.1, -0.05) is 17.7 Å². The third-order valence-corrected chi connectivity index (χ3v) is 3.90. The van der Waals surface area contributed by atoms with Gasteiger partial charge in [0.15, 0.2) is 6.10 Å². The molecule has 3 amide bonds. The highest BCUT2D eigenvalue weighted by atomic mass is 35.5. The van der Waals surface area contributed by atoms with Crippen LogP contribution in [0.2, 0.25) is 5.02 Å². The van der Waals surface area contributed by atoms with Crippen LogP contribution < -0.4 is 10.1 Å². The number of amides is 3. The van der Waals surface area contributed by atoms with Crippen molar-refractivity contribution in [3.8, 4) is 5.75 Å². The molecule has 1 atom stereocenters. The van der Waals surface area contributed by atoms with E-state index in [1.54, 1.807) is 41.0 Å². The maximum atomic E-state index is 12.4. The number of benzene rings is 1. The summed E-state index contributed by atoms with van der Waals surface area (Å²) in [6.45, 7) is 6.29. The zero-order valence-electron chi connectivity index (χ0n) is 13.4. The van der Waals surface area contributed by atoms with Crippen molar-refractivity contribution in [3.05, 3.63) is 29.3 Å². The van der Waals surface area contributed by atoms with Crippen molar-refractivity contribution in [2.24, 2.45) is 0 Å². The van der Waals surface area contributed by atoms with E-state index in [1.165, 1.54) is 0 Å². The Labute approximate surface area is 141 Å². The molecule has 1 heterocycles. The van der Waals surface area contributed by atoms with Crippen LogP contribution >= 0.6 is 11.6 Å². The van der Waals surface area contributed by atoms with Gasteiger partial charge in [-0.15, -0.1) is 0 Å². The molecule has 0 radical (unpaired) electrons. The fourth-order valence-corrected chi connectivity index (χ4v) is 2.63. The van der Waals surface area contributed by atoms with Gasteiger partial charge in [0.25, 0.3) is 5.91 Å². The molecule has 7 heteroatoms. The van der Waals surface area contributed by atoms with E-state index in [-0.39, 0.29) is 11.9 Å². The number of nitrogens with zero attached hydrogens (tertiary/aromatic N) is 2. The fraction of sp³-hybridized carbons (Fsp3) is 0.500. The Balaban J connectivity index is 1.85. The maximum Gasteiger partial charge on any atom is 0.317 e. The second-order valence-electron chi connectivity index (χ2n) is 5.37. The van der Waals surface area contributed by atoms with Gasteiger partial charge in [0, 0.05) is 37.7 Å². The Morgan fingerprint density at radius 2 is 1.91 bits per heavy atom. The standard InChI is InChI=1S/C16H22ClN3O3/c1-3-18-16(22)20-9-7-19(8-10-20)15(21)12(2)23-14-6-4-5-13(17)11-14/h4-6,11-12H,3,7-10H2,1-2H3,(H,18,22). The number of hydrogen-bond acceptors (Lipinski definition) is 3. The number of carbonyl (C=O) groups excluding carboxylic acids is 2. The Kier molecular flexibility index (Phi) is 6.10. The van der Waals surface area contributed by atoms with Gasteiger partial charge in [0.2, 0.25) is 0 Å². The lowest BCUT2D eigenvalue weighted by atomic mass is 10.2. The SMILES string of the molecule is CCNC(=O)N1CCN(C(=O)C(C)Oc2cccc(Cl)c2)CC1. The van der Waals surface area contributed by atoms with E-state index in [4.69, 9.17) is 16.3 Å². The molecule has 1 unspecified atom stereocenters. The summed E-state index contributed by atoms with van der Waals surface area (Å²) in [5, 5.41) is 3.33. The summed E-state index contributed by atoms with van der Waals surface area (Å²) < 4.78 is 5.65. The molecule has 6 nitrogen and oxygen atoms in total. The molecule has 0 aliphatic carbocycles. The first-order valence-electron chi connectivity index (χ1n) is 7.75. The Bertz CT molecular complexity index is 559. The molecule has 2 rings (SSSR count). The average Bonchev–Trinajstić information content (AvgIpc) is 2.54. The highest BCUT2D eigenvalue weighted by molar-refractivity contribution is 6.30. The lowest BCUT2D eigenvalue weighted by molar-refractivity contribution is -0.139. The molecule has 1 aromatic rings. The van der Waals surface area contributed by atoms with Crippen molar-refractivity contribution >= 4 is 23.5 Å². The minimum atomic E-state index is -0.593. The van der Waals surface area contributed by atoms with E-state index in [2.05, 4.69) is 5.32 Å². The number of nitrogens with one attached hydrogen (secondary N) is 1. The largest absolute Gasteiger partial charge is 0.481 e. The van der Waals surface area contributed by atoms with Crippen LogP contribution in [0.4, 0.5) is 4.79 Å². The lowest BCUT2D eigenvalue weighted by Crippen LogP contribution is -2.55. The third-order valence-electron chi connectivity index (χ3n) is 3.66. The van der Waals surface area contributed by atoms with Gasteiger partial charge in [-0.3, -0.25) is 4.79 Å². The van der Waals surface area contributed by atoms with Crippen LogP contribution in [-0.4, -0.2) is 60.6 Å². The topological polar surface area (TPSA) is 61.9 Å². The first-order valence-corrected chi connectivity index (χ1v) is 8.13. The number of rotatable bonds is 4. The van der Waals surface area contributed by atoms with Crippen molar-refractivity contribution < 1.29 is 14.3 Å². The van der Waals surface area contributed by atoms with Crippen molar-refractivity contribution in [1.82, 2.24) is 15.1 Å². The third kappa shape index (κ3) is 4.76. The first-order chi connectivity index (χ1) is 11.0. The van der Waals surface area contributed by atoms with Gasteiger partial charge < -0.3 is 19.9 Å². The number of hydrogen-bond donors (Lipinski definition) is 1. The number of carbonyl (C=O) groups is 2. The summed E-state index contributed by atoms with van der Waals surface area (Å²) in [5.41, 5.74) is 0. The van der Waals surface area contributed by atoms with Crippen LogP contribution in [0.5, 0.6) is 5.75 Å². The molecule has 0 saturated carbocycles. The summed E-state index contributed by atoms with van der Waals surface area (Å²) in [7, 11) is 0. The molecule has 0 bridgehead atoms. The average molecular weight is 340 g/mol. The highest BCUT2D eigenvalue weighted by Gasteiger charge is 2.27. The smallest absolute Gasteiger partial charge is 0.317 e. The van der Waals surface area contributed by atoms with Crippen molar-refractivity contribution in [3.63, 3.8) is 0 Å². The first kappa shape index (κ1) is 17.4. The summed E-state index contributed by atoms with van der Waals surface area (Å²) >= 11 is 5.91. The highest BCUT2D eigenvalue weighted by Crippen LogP contribution is 2.19. The van der Waals surface area contributed by atoms with Crippen molar-refractivity contribution in [1.29, 1.82) is 0 Å². The molecule has 1 aliphatic heterocycles. The Hall–Kier alpha value is -1.95. The van der Waals surface area contributed by atoms with E-state index < -0.39 is 6.10 Å². The predicted molar refractivity (Wildman–Crippen MR) is 88.8 cm³/mol. The van der Waals surface area contributed by atoms with E-state index >= 15 is 0 Å². The van der Waals surface area contributed by atoms with E-state index in [9.17, 15) is 9.59 Å². The zero-order chi connectivity index (χ0) is 16.8. The number of piperazine rings is 1. The summed E-state index contributed by atoms with van der Waals surface area (Å²) in [4.78, 5) is 27.6. The van der Waals surface area contributed by atoms with Crippen molar-refractivity contribution in [2.45, 2.75) is 20.0 Å². The van der Waals surface area contributed by atoms with Crippen LogP contribution in [0.1, 0.15) is 13.8 Å². The minimum absolute atomic E-state index is 0.0807. The van der Waals surface area contributed by atoms with E-state index in [0.717, 1.165) is 0 Å². The molecular formula is C16H22ClN3O3. The molecule has 1 aromatic carbocycles. The monoisotopic (exact) mass is 339 g/mol. The van der Waals surface area contributed by atoms with Crippen LogP contribution in [0, 0.1) is 0 Å². The molecule has 1 aliphatic rings. The van der Waals surface area contributed by atoms with Gasteiger partial charge in [-0.05, 0) is 32.0 Å². The molecule has 23 heavy (non-hydrogen) atoms. The Morgan fingerprint density at radius 1 is 1.26 bits per heavy atom. The molecular weight excluding hydrogens is 318 g/mol. The predicted octanol–water partition coefficient (Wildman–Crippen LogP) is 1.98. The number of urea groups is 1. The van der Waals surface area contributed by atoms with Crippen LogP contribution in [-0.2, 0) is 4.79 Å². The minimum Gasteiger partial charge on any atom is -0.481 e. The quantitative estimate of drug-likeness (QED) is 0.912. The molecule has 0 spiro atoms. The van der Waals surface area contributed by atoms with E-state index in [1.807, 2.05) is 6.92 Å². The molecule has 0 aromatic heterocycles. The lowest BCUT2D eigenvalue weighted by Gasteiger charge is -2.35. The number of ether oxygens (including phenoxy) is 1. The summed E-state index contributed by atoms with van der Waals surface area (Å²) in [5.74, 6) is 0.486. The molecule has 1 saturated heterocycles. The fourth-order valence-electron chi connectivity index (χ4n) is 2.44. The molecule has 1 fully saturated rings. The van der Waals surface area contributed by atoms with Gasteiger partial charge in [0.1, 0.15) is 5.75 Å². The van der Waals surface area contributed by atoms with Gasteiger partial charge >= 0.3 is 6.03 Å². The number of halogens is 1. The second kappa shape index (κ2) is 8.06. The normalized spacial score (nSPS) is 16.0. The maximum absolute atomic E-state index is 12.4. The van der Waals surface area contributed by atoms with Crippen LogP contribution in [0.3, 0.4) is 0 Å². The summed E-state index contributed by atoms with van der Waals surface area (Å²) in [6.07, 6.45) is -0.593. The van der Waals surface area contributed by atoms with Gasteiger partial charge in [0.05, 0.1) is 0 Å². The Morgan fingerprint density at radius 3 is 2.52 bits per heavy atom. The van der Waals surface area contributed by atoms with Crippen LogP contribution in [0.25, 0.3) is 0 Å². The molecule has 1 N–H and O–H groups in total. The zero-order valence-corrected chi connectivity index (χ0v) is 14.2. The van der Waals surface area contributed by atoms with Gasteiger partial charge in [-0.2, -0.15) is 0 Å². The molecule has 126 valence electrons. The summed E-state index contributed by atoms with van der Waals surface area (Å²) in [6, 6.07) is 6.89. The van der Waals surface area contributed by atoms with Crippen molar-refractivity contribution in [2.75, 3.05) is 32.7 Å². The van der Waals surface area contributed by atoms with Gasteiger partial charge in [-0.25, -0.2) is 4.79 Å².